The Balaban J connectivity index is 2.65. The molecule has 0 atom stereocenters. The van der Waals surface area contributed by atoms with Crippen LogP contribution in [0.3, 0.4) is 0 Å². The van der Waals surface area contributed by atoms with E-state index in [4.69, 9.17) is 0 Å². The summed E-state index contributed by atoms with van der Waals surface area (Å²) in [7, 11) is 0. The minimum absolute atomic E-state index is 0.0336. The summed E-state index contributed by atoms with van der Waals surface area (Å²) in [5.41, 5.74) is 0. The molecule has 78 valence electrons. The van der Waals surface area contributed by atoms with Crippen molar-refractivity contribution in [2.45, 2.75) is 39.0 Å². The van der Waals surface area contributed by atoms with E-state index in [2.05, 4.69) is 0 Å². The molecule has 4 nitrogen and oxygen atoms in total. The van der Waals surface area contributed by atoms with Gasteiger partial charge in [-0.1, -0.05) is 6.92 Å². The molecule has 1 aliphatic rings. The Hall–Kier alpha value is -1.19. The van der Waals surface area contributed by atoms with Gasteiger partial charge >= 0.3 is 0 Å². The first-order chi connectivity index (χ1) is 6.65. The molecule has 0 aromatic rings. The molecule has 0 N–H and O–H groups in total. The van der Waals surface area contributed by atoms with E-state index in [0.29, 0.717) is 19.3 Å². The minimum Gasteiger partial charge on any atom is -0.298 e. The van der Waals surface area contributed by atoms with Crippen molar-refractivity contribution in [3.63, 3.8) is 0 Å². The molecule has 0 aromatic heterocycles. The molecule has 0 radical (unpaired) electrons. The molecule has 0 unspecified atom stereocenters. The number of nitrogens with zero attached hydrogens (tertiary/aromatic N) is 1. The lowest BCUT2D eigenvalue weighted by Gasteiger charge is -2.16. The number of rotatable bonds is 3. The van der Waals surface area contributed by atoms with E-state index in [1.165, 1.54) is 0 Å². The largest absolute Gasteiger partial charge is 0.298 e. The maximum Gasteiger partial charge on any atom is 0.229 e. The minimum atomic E-state index is -0.200. The summed E-state index contributed by atoms with van der Waals surface area (Å²) in [6.07, 6.45) is 2.66. The van der Waals surface area contributed by atoms with Crippen LogP contribution in [0, 0.1) is 0 Å². The second kappa shape index (κ2) is 4.88. The molecular formula is C10H15NO3. The smallest absolute Gasteiger partial charge is 0.229 e. The van der Waals surface area contributed by atoms with Gasteiger partial charge < -0.3 is 0 Å². The number of likely N-dealkylation sites (tertiary alicyclic amines) is 1. The topological polar surface area (TPSA) is 54.5 Å². The Kier molecular flexibility index (Phi) is 3.80. The van der Waals surface area contributed by atoms with Gasteiger partial charge in [-0.25, -0.2) is 0 Å². The number of imide groups is 1. The van der Waals surface area contributed by atoms with Crippen molar-refractivity contribution in [1.29, 1.82) is 0 Å². The Morgan fingerprint density at radius 2 is 1.71 bits per heavy atom. The average molecular weight is 197 g/mol. The molecule has 1 fully saturated rings. The number of Topliss-reactive ketones (excluding diaryl/α,β-unsaturated/α-hetero) is 1. The van der Waals surface area contributed by atoms with Gasteiger partial charge in [-0.2, -0.15) is 0 Å². The fraction of sp³-hybridized carbons (Fsp3) is 0.700. The third-order valence-corrected chi connectivity index (χ3v) is 2.36. The lowest BCUT2D eigenvalue weighted by Crippen LogP contribution is -2.38. The Labute approximate surface area is 83.3 Å². The molecule has 0 spiro atoms. The van der Waals surface area contributed by atoms with Gasteiger partial charge in [0, 0.05) is 19.3 Å². The van der Waals surface area contributed by atoms with Crippen molar-refractivity contribution in [1.82, 2.24) is 4.90 Å². The SMILES string of the molecule is CCC(=O)CN1C(=O)CCCCC1=O. The van der Waals surface area contributed by atoms with Gasteiger partial charge in [0.1, 0.15) is 0 Å². The zero-order valence-electron chi connectivity index (χ0n) is 8.41. The van der Waals surface area contributed by atoms with Crippen LogP contribution >= 0.6 is 0 Å². The molecule has 0 bridgehead atoms. The summed E-state index contributed by atoms with van der Waals surface area (Å²) >= 11 is 0. The molecule has 0 aliphatic carbocycles. The number of amides is 2. The Bertz CT molecular complexity index is 242. The summed E-state index contributed by atoms with van der Waals surface area (Å²) in [6, 6.07) is 0. The Morgan fingerprint density at radius 3 is 2.14 bits per heavy atom. The monoisotopic (exact) mass is 197 g/mol. The fourth-order valence-electron chi connectivity index (χ4n) is 1.43. The molecule has 0 saturated carbocycles. The van der Waals surface area contributed by atoms with Crippen LogP contribution in [-0.4, -0.2) is 29.0 Å². The maximum atomic E-state index is 11.4. The summed E-state index contributed by atoms with van der Waals surface area (Å²) in [5.74, 6) is -0.461. The molecule has 1 aliphatic heterocycles. The Morgan fingerprint density at radius 1 is 1.21 bits per heavy atom. The molecule has 4 heteroatoms. The molecule has 1 saturated heterocycles. The van der Waals surface area contributed by atoms with Gasteiger partial charge in [0.15, 0.2) is 5.78 Å². The highest BCUT2D eigenvalue weighted by molar-refractivity contribution is 5.99. The van der Waals surface area contributed by atoms with Crippen LogP contribution in [0.25, 0.3) is 0 Å². The van der Waals surface area contributed by atoms with Crippen molar-refractivity contribution < 1.29 is 14.4 Å². The second-order valence-electron chi connectivity index (χ2n) is 3.47. The predicted octanol–water partition coefficient (Wildman–Crippen LogP) is 0.895. The highest BCUT2D eigenvalue weighted by atomic mass is 16.2. The average Bonchev–Trinajstić information content (AvgIpc) is 2.32. The predicted molar refractivity (Wildman–Crippen MR) is 50.5 cm³/mol. The highest BCUT2D eigenvalue weighted by Gasteiger charge is 2.25. The van der Waals surface area contributed by atoms with Gasteiger partial charge in [0.05, 0.1) is 6.54 Å². The number of carbonyl (C=O) groups is 3. The van der Waals surface area contributed by atoms with Crippen LogP contribution < -0.4 is 0 Å². The van der Waals surface area contributed by atoms with Crippen molar-refractivity contribution >= 4 is 17.6 Å². The van der Waals surface area contributed by atoms with Crippen molar-refractivity contribution in [3.05, 3.63) is 0 Å². The zero-order valence-corrected chi connectivity index (χ0v) is 8.41. The standard InChI is InChI=1S/C10H15NO3/c1-2-8(12)7-11-9(13)5-3-4-6-10(11)14/h2-7H2,1H3. The van der Waals surface area contributed by atoms with Crippen LogP contribution in [0.1, 0.15) is 39.0 Å². The van der Waals surface area contributed by atoms with E-state index >= 15 is 0 Å². The van der Waals surface area contributed by atoms with Gasteiger partial charge in [-0.05, 0) is 12.8 Å². The van der Waals surface area contributed by atoms with Crippen molar-refractivity contribution in [2.24, 2.45) is 0 Å². The van der Waals surface area contributed by atoms with Crippen LogP contribution in [0.5, 0.6) is 0 Å². The van der Waals surface area contributed by atoms with Crippen LogP contribution in [0.4, 0.5) is 0 Å². The normalized spacial score (nSPS) is 18.2. The molecule has 2 amide bonds. The van der Waals surface area contributed by atoms with E-state index in [-0.39, 0.29) is 24.1 Å². The third-order valence-electron chi connectivity index (χ3n) is 2.36. The van der Waals surface area contributed by atoms with E-state index in [1.807, 2.05) is 0 Å². The lowest BCUT2D eigenvalue weighted by atomic mass is 10.2. The third kappa shape index (κ3) is 2.65. The number of hydrogen-bond acceptors (Lipinski definition) is 3. The molecule has 1 heterocycles. The molecule has 1 rings (SSSR count). The summed E-state index contributed by atoms with van der Waals surface area (Å²) in [6.45, 7) is 1.70. The maximum absolute atomic E-state index is 11.4. The number of hydrogen-bond donors (Lipinski definition) is 0. The first-order valence-electron chi connectivity index (χ1n) is 5.00. The van der Waals surface area contributed by atoms with Gasteiger partial charge in [0.2, 0.25) is 11.8 Å². The first-order valence-corrected chi connectivity index (χ1v) is 5.00. The quantitative estimate of drug-likeness (QED) is 0.631. The van der Waals surface area contributed by atoms with Crippen molar-refractivity contribution in [2.75, 3.05) is 6.54 Å². The number of ketones is 1. The van der Waals surface area contributed by atoms with E-state index in [1.54, 1.807) is 6.92 Å². The van der Waals surface area contributed by atoms with E-state index in [9.17, 15) is 14.4 Å². The van der Waals surface area contributed by atoms with Gasteiger partial charge in [-0.3, -0.25) is 19.3 Å². The van der Waals surface area contributed by atoms with E-state index < -0.39 is 0 Å². The second-order valence-corrected chi connectivity index (χ2v) is 3.47. The fourth-order valence-corrected chi connectivity index (χ4v) is 1.43. The van der Waals surface area contributed by atoms with Crippen LogP contribution in [-0.2, 0) is 14.4 Å². The van der Waals surface area contributed by atoms with Crippen LogP contribution in [0.2, 0.25) is 0 Å². The van der Waals surface area contributed by atoms with Gasteiger partial charge in [0.25, 0.3) is 0 Å². The first kappa shape index (κ1) is 10.9. The van der Waals surface area contributed by atoms with E-state index in [0.717, 1.165) is 17.7 Å². The van der Waals surface area contributed by atoms with Gasteiger partial charge in [-0.15, -0.1) is 0 Å². The lowest BCUT2D eigenvalue weighted by molar-refractivity contribution is -0.146. The number of carbonyl (C=O) groups excluding carboxylic acids is 3. The molecule has 14 heavy (non-hydrogen) atoms. The summed E-state index contributed by atoms with van der Waals surface area (Å²) < 4.78 is 0. The van der Waals surface area contributed by atoms with Crippen LogP contribution in [0.15, 0.2) is 0 Å². The highest BCUT2D eigenvalue weighted by Crippen LogP contribution is 2.12. The molecular weight excluding hydrogens is 182 g/mol. The molecule has 0 aromatic carbocycles. The summed E-state index contributed by atoms with van der Waals surface area (Å²) in [5, 5.41) is 0. The summed E-state index contributed by atoms with van der Waals surface area (Å²) in [4.78, 5) is 35.1. The van der Waals surface area contributed by atoms with Crippen molar-refractivity contribution in [3.8, 4) is 0 Å². The zero-order chi connectivity index (χ0) is 10.6.